The van der Waals surface area contributed by atoms with Crippen LogP contribution < -0.4 is 10.1 Å². The molecule has 1 saturated heterocycles. The van der Waals surface area contributed by atoms with Gasteiger partial charge in [-0.3, -0.25) is 9.59 Å². The highest BCUT2D eigenvalue weighted by Gasteiger charge is 2.28. The van der Waals surface area contributed by atoms with E-state index in [0.717, 1.165) is 0 Å². The van der Waals surface area contributed by atoms with Crippen molar-refractivity contribution in [3.05, 3.63) is 29.8 Å². The standard InChI is InChI=1S/C18H24F2N2O3/c1-3-15(14-6-4-5-7-16(14)25-18(19)20)21-17(24)13-8-10-22(11-9-13)12(2)23/h4-7,13,15,18H,3,8-11H2,1-2H3,(H,21,24)/t15-/m1/s1. The summed E-state index contributed by atoms with van der Waals surface area (Å²) in [6.45, 7) is 1.62. The Morgan fingerprint density at radius 1 is 1.28 bits per heavy atom. The lowest BCUT2D eigenvalue weighted by Gasteiger charge is -2.31. The molecule has 0 spiro atoms. The van der Waals surface area contributed by atoms with Crippen LogP contribution in [-0.4, -0.2) is 36.4 Å². The number of piperidine rings is 1. The van der Waals surface area contributed by atoms with Gasteiger partial charge >= 0.3 is 6.61 Å². The van der Waals surface area contributed by atoms with Crippen molar-refractivity contribution in [3.8, 4) is 5.75 Å². The summed E-state index contributed by atoms with van der Waals surface area (Å²) in [5.74, 6) is -0.186. The molecule has 1 aliphatic rings. The van der Waals surface area contributed by atoms with Crippen molar-refractivity contribution in [3.63, 3.8) is 0 Å². The van der Waals surface area contributed by atoms with Crippen LogP contribution in [0, 0.1) is 5.92 Å². The molecular weight excluding hydrogens is 330 g/mol. The minimum Gasteiger partial charge on any atom is -0.434 e. The van der Waals surface area contributed by atoms with Gasteiger partial charge in [-0.25, -0.2) is 0 Å². The molecule has 0 radical (unpaired) electrons. The SMILES string of the molecule is CC[C@@H](NC(=O)C1CCN(C(C)=O)CC1)c1ccccc1OC(F)F. The number of halogens is 2. The minimum absolute atomic E-state index is 0.0170. The summed E-state index contributed by atoms with van der Waals surface area (Å²) in [5.41, 5.74) is 0.542. The summed E-state index contributed by atoms with van der Waals surface area (Å²) >= 11 is 0. The Morgan fingerprint density at radius 2 is 1.92 bits per heavy atom. The van der Waals surface area contributed by atoms with Gasteiger partial charge in [-0.2, -0.15) is 8.78 Å². The Kier molecular flexibility index (Phi) is 6.73. The number of hydrogen-bond acceptors (Lipinski definition) is 3. The lowest BCUT2D eigenvalue weighted by atomic mass is 9.94. The Hall–Kier alpha value is -2.18. The third-order valence-corrected chi connectivity index (χ3v) is 4.55. The quantitative estimate of drug-likeness (QED) is 0.854. The van der Waals surface area contributed by atoms with Gasteiger partial charge in [-0.1, -0.05) is 25.1 Å². The number of carbonyl (C=O) groups is 2. The van der Waals surface area contributed by atoms with E-state index in [-0.39, 0.29) is 23.5 Å². The second-order valence-electron chi connectivity index (χ2n) is 6.17. The van der Waals surface area contributed by atoms with Crippen molar-refractivity contribution in [2.24, 2.45) is 5.92 Å². The second-order valence-corrected chi connectivity index (χ2v) is 6.17. The minimum atomic E-state index is -2.91. The largest absolute Gasteiger partial charge is 0.434 e. The van der Waals surface area contributed by atoms with Gasteiger partial charge in [0.1, 0.15) is 5.75 Å². The third-order valence-electron chi connectivity index (χ3n) is 4.55. The van der Waals surface area contributed by atoms with E-state index in [0.29, 0.717) is 37.9 Å². The average molecular weight is 354 g/mol. The van der Waals surface area contributed by atoms with Gasteiger partial charge in [0, 0.05) is 31.5 Å². The van der Waals surface area contributed by atoms with E-state index in [9.17, 15) is 18.4 Å². The van der Waals surface area contributed by atoms with Gasteiger partial charge in [0.15, 0.2) is 0 Å². The predicted molar refractivity (Wildman–Crippen MR) is 89.2 cm³/mol. The summed E-state index contributed by atoms with van der Waals surface area (Å²) in [5, 5.41) is 2.94. The van der Waals surface area contributed by atoms with Crippen LogP contribution in [0.1, 0.15) is 44.7 Å². The lowest BCUT2D eigenvalue weighted by Crippen LogP contribution is -2.43. The zero-order chi connectivity index (χ0) is 18.4. The smallest absolute Gasteiger partial charge is 0.387 e. The number of para-hydroxylation sites is 1. The van der Waals surface area contributed by atoms with Gasteiger partial charge in [0.25, 0.3) is 0 Å². The Balaban J connectivity index is 2.03. The van der Waals surface area contributed by atoms with E-state index in [2.05, 4.69) is 10.1 Å². The van der Waals surface area contributed by atoms with Crippen LogP contribution in [-0.2, 0) is 9.59 Å². The van der Waals surface area contributed by atoms with Crippen LogP contribution in [0.5, 0.6) is 5.75 Å². The van der Waals surface area contributed by atoms with Crippen molar-refractivity contribution in [1.82, 2.24) is 10.2 Å². The first kappa shape index (κ1) is 19.1. The molecule has 1 aliphatic heterocycles. The van der Waals surface area contributed by atoms with Crippen LogP contribution in [0.4, 0.5) is 8.78 Å². The fraction of sp³-hybridized carbons (Fsp3) is 0.556. The summed E-state index contributed by atoms with van der Waals surface area (Å²) < 4.78 is 29.7. The topological polar surface area (TPSA) is 58.6 Å². The van der Waals surface area contributed by atoms with E-state index in [1.807, 2.05) is 6.92 Å². The molecule has 2 rings (SSSR count). The molecule has 0 saturated carbocycles. The number of carbonyl (C=O) groups excluding carboxylic acids is 2. The monoisotopic (exact) mass is 354 g/mol. The number of benzene rings is 1. The average Bonchev–Trinajstić information content (AvgIpc) is 2.59. The van der Waals surface area contributed by atoms with Crippen LogP contribution in [0.25, 0.3) is 0 Å². The molecule has 1 heterocycles. The number of amides is 2. The molecule has 2 amide bonds. The molecule has 1 N–H and O–H groups in total. The number of nitrogens with zero attached hydrogens (tertiary/aromatic N) is 1. The van der Waals surface area contributed by atoms with Crippen LogP contribution in [0.15, 0.2) is 24.3 Å². The summed E-state index contributed by atoms with van der Waals surface area (Å²) in [7, 11) is 0. The molecule has 1 aromatic carbocycles. The molecular formula is C18H24F2N2O3. The fourth-order valence-electron chi connectivity index (χ4n) is 3.12. The zero-order valence-corrected chi connectivity index (χ0v) is 14.5. The number of hydrogen-bond donors (Lipinski definition) is 1. The van der Waals surface area contributed by atoms with E-state index >= 15 is 0 Å². The number of likely N-dealkylation sites (tertiary alicyclic amines) is 1. The maximum Gasteiger partial charge on any atom is 0.387 e. The predicted octanol–water partition coefficient (Wildman–Crippen LogP) is 3.11. The van der Waals surface area contributed by atoms with Crippen LogP contribution >= 0.6 is 0 Å². The highest BCUT2D eigenvalue weighted by atomic mass is 19.3. The molecule has 0 bridgehead atoms. The highest BCUT2D eigenvalue weighted by molar-refractivity contribution is 5.80. The first-order valence-corrected chi connectivity index (χ1v) is 8.52. The van der Waals surface area contributed by atoms with E-state index in [4.69, 9.17) is 0 Å². The maximum absolute atomic E-state index is 12.6. The van der Waals surface area contributed by atoms with Crippen molar-refractivity contribution in [2.45, 2.75) is 45.8 Å². The molecule has 1 aromatic rings. The molecule has 0 unspecified atom stereocenters. The molecule has 5 nitrogen and oxygen atoms in total. The fourth-order valence-corrected chi connectivity index (χ4v) is 3.12. The first-order chi connectivity index (χ1) is 11.9. The number of nitrogens with one attached hydrogen (secondary N) is 1. The third kappa shape index (κ3) is 5.14. The summed E-state index contributed by atoms with van der Waals surface area (Å²) in [4.78, 5) is 25.6. The summed E-state index contributed by atoms with van der Waals surface area (Å²) in [6.07, 6.45) is 1.77. The van der Waals surface area contributed by atoms with Gasteiger partial charge in [-0.15, -0.1) is 0 Å². The van der Waals surface area contributed by atoms with Gasteiger partial charge in [-0.05, 0) is 25.3 Å². The molecule has 0 aliphatic carbocycles. The number of rotatable bonds is 6. The first-order valence-electron chi connectivity index (χ1n) is 8.52. The van der Waals surface area contributed by atoms with E-state index in [1.165, 1.54) is 13.0 Å². The lowest BCUT2D eigenvalue weighted by molar-refractivity contribution is -0.134. The van der Waals surface area contributed by atoms with Gasteiger partial charge < -0.3 is 15.0 Å². The Labute approximate surface area is 146 Å². The Bertz CT molecular complexity index is 602. The van der Waals surface area contributed by atoms with Crippen LogP contribution in [0.3, 0.4) is 0 Å². The van der Waals surface area contributed by atoms with Crippen molar-refractivity contribution in [1.29, 1.82) is 0 Å². The summed E-state index contributed by atoms with van der Waals surface area (Å²) in [6, 6.07) is 6.11. The molecule has 25 heavy (non-hydrogen) atoms. The molecule has 1 fully saturated rings. The molecule has 0 aromatic heterocycles. The normalized spacial score (nSPS) is 16.6. The zero-order valence-electron chi connectivity index (χ0n) is 14.5. The van der Waals surface area contributed by atoms with Gasteiger partial charge in [0.05, 0.1) is 6.04 Å². The van der Waals surface area contributed by atoms with E-state index < -0.39 is 12.7 Å². The second kappa shape index (κ2) is 8.78. The molecule has 1 atom stereocenters. The number of ether oxygens (including phenoxy) is 1. The van der Waals surface area contributed by atoms with E-state index in [1.54, 1.807) is 23.1 Å². The van der Waals surface area contributed by atoms with Crippen molar-refractivity contribution < 1.29 is 23.1 Å². The maximum atomic E-state index is 12.6. The molecule has 7 heteroatoms. The van der Waals surface area contributed by atoms with Crippen molar-refractivity contribution >= 4 is 11.8 Å². The van der Waals surface area contributed by atoms with Crippen molar-refractivity contribution in [2.75, 3.05) is 13.1 Å². The van der Waals surface area contributed by atoms with Crippen LogP contribution in [0.2, 0.25) is 0 Å². The molecule has 138 valence electrons. The Morgan fingerprint density at radius 3 is 2.48 bits per heavy atom. The highest BCUT2D eigenvalue weighted by Crippen LogP contribution is 2.29. The van der Waals surface area contributed by atoms with Gasteiger partial charge in [0.2, 0.25) is 11.8 Å². The number of alkyl halides is 2.